The van der Waals surface area contributed by atoms with Crippen molar-refractivity contribution >= 4 is 0 Å². The highest BCUT2D eigenvalue weighted by molar-refractivity contribution is 5.39. The van der Waals surface area contributed by atoms with Crippen LogP contribution in [-0.2, 0) is 6.42 Å². The average Bonchev–Trinajstić information content (AvgIpc) is 2.77. The fourth-order valence-electron chi connectivity index (χ4n) is 3.56. The quantitative estimate of drug-likeness (QED) is 0.700. The molecule has 1 aliphatic carbocycles. The molecule has 3 rings (SSSR count). The van der Waals surface area contributed by atoms with E-state index < -0.39 is 0 Å². The number of rotatable bonds is 3. The third-order valence-electron chi connectivity index (χ3n) is 4.50. The van der Waals surface area contributed by atoms with E-state index in [0.717, 1.165) is 5.92 Å². The highest BCUT2D eigenvalue weighted by Gasteiger charge is 2.29. The van der Waals surface area contributed by atoms with Crippen LogP contribution < -0.4 is 0 Å². The molecular formula is C19H22. The summed E-state index contributed by atoms with van der Waals surface area (Å²) in [5.41, 5.74) is 6.05. The van der Waals surface area contributed by atoms with Crippen molar-refractivity contribution in [2.24, 2.45) is 0 Å². The van der Waals surface area contributed by atoms with Gasteiger partial charge in [0.05, 0.1) is 0 Å². The molecule has 0 aliphatic heterocycles. The Hall–Kier alpha value is -1.56. The summed E-state index contributed by atoms with van der Waals surface area (Å²) in [5, 5.41) is 0. The van der Waals surface area contributed by atoms with Crippen LogP contribution in [0.2, 0.25) is 0 Å². The maximum atomic E-state index is 2.34. The standard InChI is InChI=1S/C19H22/c1-3-16-13-17(19-10-5-4-9-18(16)19)12-15-8-6-7-14(2)11-15/h4-11,16-17H,3,12-13H2,1-2H3. The van der Waals surface area contributed by atoms with Crippen molar-refractivity contribution in [3.8, 4) is 0 Å². The van der Waals surface area contributed by atoms with Gasteiger partial charge < -0.3 is 0 Å². The van der Waals surface area contributed by atoms with Crippen LogP contribution in [0.4, 0.5) is 0 Å². The molecule has 0 spiro atoms. The van der Waals surface area contributed by atoms with Gasteiger partial charge in [0.1, 0.15) is 0 Å². The van der Waals surface area contributed by atoms with Crippen LogP contribution in [0.5, 0.6) is 0 Å². The van der Waals surface area contributed by atoms with Gasteiger partial charge in [-0.15, -0.1) is 0 Å². The van der Waals surface area contributed by atoms with Gasteiger partial charge in [-0.25, -0.2) is 0 Å². The fraction of sp³-hybridized carbons (Fsp3) is 0.368. The van der Waals surface area contributed by atoms with E-state index in [1.807, 2.05) is 0 Å². The second-order valence-electron chi connectivity index (χ2n) is 5.86. The Labute approximate surface area is 116 Å². The summed E-state index contributed by atoms with van der Waals surface area (Å²) >= 11 is 0. The first kappa shape index (κ1) is 12.5. The average molecular weight is 250 g/mol. The Balaban J connectivity index is 1.87. The molecule has 1 aliphatic rings. The second-order valence-corrected chi connectivity index (χ2v) is 5.86. The van der Waals surface area contributed by atoms with E-state index >= 15 is 0 Å². The monoisotopic (exact) mass is 250 g/mol. The largest absolute Gasteiger partial charge is 0.0648 e. The Morgan fingerprint density at radius 3 is 2.37 bits per heavy atom. The summed E-state index contributed by atoms with van der Waals surface area (Å²) in [6.45, 7) is 4.50. The van der Waals surface area contributed by atoms with Gasteiger partial charge in [0.25, 0.3) is 0 Å². The lowest BCUT2D eigenvalue weighted by Gasteiger charge is -2.12. The molecule has 0 heteroatoms. The van der Waals surface area contributed by atoms with E-state index in [1.54, 1.807) is 11.1 Å². The molecule has 98 valence electrons. The molecule has 0 saturated carbocycles. The van der Waals surface area contributed by atoms with E-state index in [-0.39, 0.29) is 0 Å². The van der Waals surface area contributed by atoms with Gasteiger partial charge >= 0.3 is 0 Å². The lowest BCUT2D eigenvalue weighted by atomic mass is 9.92. The van der Waals surface area contributed by atoms with E-state index in [4.69, 9.17) is 0 Å². The van der Waals surface area contributed by atoms with Gasteiger partial charge in [0.15, 0.2) is 0 Å². The first-order chi connectivity index (χ1) is 9.28. The zero-order valence-electron chi connectivity index (χ0n) is 11.9. The molecule has 0 radical (unpaired) electrons. The Bertz CT molecular complexity index is 568. The first-order valence-corrected chi connectivity index (χ1v) is 7.42. The van der Waals surface area contributed by atoms with Crippen LogP contribution in [-0.4, -0.2) is 0 Å². The van der Waals surface area contributed by atoms with Crippen LogP contribution in [0.1, 0.15) is 53.9 Å². The maximum Gasteiger partial charge on any atom is -0.0113 e. The van der Waals surface area contributed by atoms with E-state index in [2.05, 4.69) is 62.4 Å². The predicted octanol–water partition coefficient (Wildman–Crippen LogP) is 5.22. The van der Waals surface area contributed by atoms with Gasteiger partial charge in [-0.05, 0) is 54.7 Å². The van der Waals surface area contributed by atoms with Crippen molar-refractivity contribution in [2.45, 2.75) is 44.9 Å². The van der Waals surface area contributed by atoms with Crippen molar-refractivity contribution in [3.05, 3.63) is 70.8 Å². The highest BCUT2D eigenvalue weighted by atomic mass is 14.3. The fourth-order valence-corrected chi connectivity index (χ4v) is 3.56. The van der Waals surface area contributed by atoms with Crippen molar-refractivity contribution < 1.29 is 0 Å². The third kappa shape index (κ3) is 2.45. The van der Waals surface area contributed by atoms with Crippen LogP contribution in [0.25, 0.3) is 0 Å². The molecule has 2 unspecified atom stereocenters. The summed E-state index contributed by atoms with van der Waals surface area (Å²) in [4.78, 5) is 0. The number of hydrogen-bond acceptors (Lipinski definition) is 0. The van der Waals surface area contributed by atoms with Gasteiger partial charge in [-0.3, -0.25) is 0 Å². The van der Waals surface area contributed by atoms with Gasteiger partial charge in [-0.2, -0.15) is 0 Å². The minimum Gasteiger partial charge on any atom is -0.0648 e. The van der Waals surface area contributed by atoms with Crippen LogP contribution in [0.3, 0.4) is 0 Å². The molecule has 0 amide bonds. The Morgan fingerprint density at radius 2 is 1.68 bits per heavy atom. The van der Waals surface area contributed by atoms with E-state index in [0.29, 0.717) is 5.92 Å². The molecule has 0 N–H and O–H groups in total. The second kappa shape index (κ2) is 5.21. The summed E-state index contributed by atoms with van der Waals surface area (Å²) < 4.78 is 0. The van der Waals surface area contributed by atoms with Crippen LogP contribution >= 0.6 is 0 Å². The number of hydrogen-bond donors (Lipinski definition) is 0. The van der Waals surface area contributed by atoms with Crippen molar-refractivity contribution in [3.63, 3.8) is 0 Å². The molecule has 0 nitrogen and oxygen atoms in total. The van der Waals surface area contributed by atoms with Crippen LogP contribution in [0, 0.1) is 6.92 Å². The number of fused-ring (bicyclic) bond motifs is 1. The molecule has 2 aromatic carbocycles. The normalized spacial score (nSPS) is 21.4. The Morgan fingerprint density at radius 1 is 0.947 bits per heavy atom. The topological polar surface area (TPSA) is 0 Å². The number of benzene rings is 2. The summed E-state index contributed by atoms with van der Waals surface area (Å²) in [7, 11) is 0. The lowest BCUT2D eigenvalue weighted by Crippen LogP contribution is -1.99. The maximum absolute atomic E-state index is 2.34. The molecule has 0 fully saturated rings. The summed E-state index contributed by atoms with van der Waals surface area (Å²) in [5.74, 6) is 1.48. The predicted molar refractivity (Wildman–Crippen MR) is 81.7 cm³/mol. The smallest absolute Gasteiger partial charge is 0.0113 e. The van der Waals surface area contributed by atoms with Gasteiger partial charge in [0.2, 0.25) is 0 Å². The lowest BCUT2D eigenvalue weighted by molar-refractivity contribution is 0.573. The SMILES string of the molecule is CCC1CC(Cc2cccc(C)c2)c2ccccc21. The summed E-state index contributed by atoms with van der Waals surface area (Å²) in [6, 6.07) is 18.0. The van der Waals surface area contributed by atoms with Gasteiger partial charge in [0, 0.05) is 0 Å². The molecule has 19 heavy (non-hydrogen) atoms. The zero-order chi connectivity index (χ0) is 13.2. The van der Waals surface area contributed by atoms with E-state index in [1.165, 1.54) is 30.4 Å². The molecular weight excluding hydrogens is 228 g/mol. The Kier molecular flexibility index (Phi) is 3.42. The molecule has 0 saturated heterocycles. The number of aryl methyl sites for hydroxylation is 1. The molecule has 0 heterocycles. The minimum absolute atomic E-state index is 0.711. The minimum atomic E-state index is 0.711. The molecule has 0 aromatic heterocycles. The molecule has 2 atom stereocenters. The molecule has 2 aromatic rings. The third-order valence-corrected chi connectivity index (χ3v) is 4.50. The van der Waals surface area contributed by atoms with Crippen molar-refractivity contribution in [1.82, 2.24) is 0 Å². The van der Waals surface area contributed by atoms with Crippen molar-refractivity contribution in [2.75, 3.05) is 0 Å². The zero-order valence-corrected chi connectivity index (χ0v) is 11.9. The summed E-state index contributed by atoms with van der Waals surface area (Å²) in [6.07, 6.45) is 3.78. The molecule has 0 bridgehead atoms. The van der Waals surface area contributed by atoms with Gasteiger partial charge in [-0.1, -0.05) is 61.0 Å². The van der Waals surface area contributed by atoms with Crippen LogP contribution in [0.15, 0.2) is 48.5 Å². The van der Waals surface area contributed by atoms with Crippen molar-refractivity contribution in [1.29, 1.82) is 0 Å². The first-order valence-electron chi connectivity index (χ1n) is 7.42. The highest BCUT2D eigenvalue weighted by Crippen LogP contribution is 2.44. The van der Waals surface area contributed by atoms with E-state index in [9.17, 15) is 0 Å².